The highest BCUT2D eigenvalue weighted by Crippen LogP contribution is 2.41. The molecule has 1 aromatic heterocycles. The Kier molecular flexibility index (Phi) is 5.93. The van der Waals surface area contributed by atoms with E-state index in [-0.39, 0.29) is 21.9 Å². The van der Waals surface area contributed by atoms with Gasteiger partial charge in [0.15, 0.2) is 11.5 Å². The maximum atomic E-state index is 13.1. The molecule has 0 amide bonds. The molecule has 0 atom stereocenters. The zero-order valence-corrected chi connectivity index (χ0v) is 17.1. The first-order chi connectivity index (χ1) is 14.2. The van der Waals surface area contributed by atoms with E-state index in [1.54, 1.807) is 6.07 Å². The van der Waals surface area contributed by atoms with Crippen LogP contribution >= 0.6 is 11.3 Å². The van der Waals surface area contributed by atoms with Crippen LogP contribution in [0.4, 0.5) is 18.9 Å². The highest BCUT2D eigenvalue weighted by atomic mass is 32.1. The van der Waals surface area contributed by atoms with Crippen LogP contribution in [0.15, 0.2) is 42.5 Å². The molecule has 0 saturated carbocycles. The second kappa shape index (κ2) is 8.27. The molecular weight excluding hydrogens is 419 g/mol. The number of nitrogens with two attached hydrogens (primary N) is 1. The predicted octanol–water partition coefficient (Wildman–Crippen LogP) is 5.27. The number of methoxy groups -OCH3 is 3. The van der Waals surface area contributed by atoms with Gasteiger partial charge in [-0.15, -0.1) is 11.3 Å². The number of ether oxygens (including phenoxy) is 3. The molecule has 0 aliphatic carbocycles. The summed E-state index contributed by atoms with van der Waals surface area (Å²) in [7, 11) is 4.33. The number of rotatable bonds is 6. The zero-order chi connectivity index (χ0) is 22.1. The van der Waals surface area contributed by atoms with Gasteiger partial charge in [-0.2, -0.15) is 13.2 Å². The second-order valence-corrected chi connectivity index (χ2v) is 7.27. The summed E-state index contributed by atoms with van der Waals surface area (Å²) < 4.78 is 54.1. The van der Waals surface area contributed by atoms with Crippen LogP contribution in [-0.2, 0) is 6.18 Å². The molecule has 158 valence electrons. The van der Waals surface area contributed by atoms with Gasteiger partial charge in [-0.3, -0.25) is 4.79 Å². The largest absolute Gasteiger partial charge is 0.493 e. The average molecular weight is 437 g/mol. The van der Waals surface area contributed by atoms with E-state index < -0.39 is 11.7 Å². The lowest BCUT2D eigenvalue weighted by molar-refractivity contribution is -0.137. The molecule has 0 fully saturated rings. The lowest BCUT2D eigenvalue weighted by Crippen LogP contribution is -2.04. The molecule has 2 aromatic carbocycles. The third kappa shape index (κ3) is 4.06. The standard InChI is InChI=1S/C21H18F3NO4S/c1-27-15-8-12(9-16(28-2)19(15)29-3)18(26)20-14(25)10-17(30-20)11-4-6-13(7-5-11)21(22,23)24/h4-10H,25H2,1-3H3. The van der Waals surface area contributed by atoms with Gasteiger partial charge in [0, 0.05) is 10.4 Å². The highest BCUT2D eigenvalue weighted by molar-refractivity contribution is 7.18. The molecule has 2 N–H and O–H groups in total. The minimum atomic E-state index is -4.42. The molecule has 3 aromatic rings. The van der Waals surface area contributed by atoms with Crippen LogP contribution in [0, 0.1) is 0 Å². The van der Waals surface area contributed by atoms with Gasteiger partial charge in [-0.25, -0.2) is 0 Å². The van der Waals surface area contributed by atoms with Gasteiger partial charge in [-0.1, -0.05) is 12.1 Å². The number of halogens is 3. The molecule has 9 heteroatoms. The summed E-state index contributed by atoms with van der Waals surface area (Å²) in [5.74, 6) is 0.618. The fraction of sp³-hybridized carbons (Fsp3) is 0.190. The molecule has 0 aliphatic rings. The normalized spacial score (nSPS) is 11.3. The first-order valence-corrected chi connectivity index (χ1v) is 9.43. The summed E-state index contributed by atoms with van der Waals surface area (Å²) in [6.45, 7) is 0. The van der Waals surface area contributed by atoms with E-state index in [0.717, 1.165) is 23.5 Å². The van der Waals surface area contributed by atoms with E-state index in [4.69, 9.17) is 19.9 Å². The summed E-state index contributed by atoms with van der Waals surface area (Å²) in [5, 5.41) is 0. The summed E-state index contributed by atoms with van der Waals surface area (Å²) in [4.78, 5) is 13.9. The van der Waals surface area contributed by atoms with Crippen LogP contribution < -0.4 is 19.9 Å². The Hall–Kier alpha value is -3.20. The topological polar surface area (TPSA) is 70.8 Å². The van der Waals surface area contributed by atoms with E-state index in [1.807, 2.05) is 0 Å². The quantitative estimate of drug-likeness (QED) is 0.532. The van der Waals surface area contributed by atoms with Crippen molar-refractivity contribution in [3.63, 3.8) is 0 Å². The van der Waals surface area contributed by atoms with E-state index in [1.165, 1.54) is 45.6 Å². The summed E-state index contributed by atoms with van der Waals surface area (Å²) in [6, 6.07) is 9.28. The van der Waals surface area contributed by atoms with Crippen LogP contribution in [-0.4, -0.2) is 27.1 Å². The summed E-state index contributed by atoms with van der Waals surface area (Å²) in [5.41, 5.74) is 6.33. The number of hydrogen-bond acceptors (Lipinski definition) is 6. The minimum Gasteiger partial charge on any atom is -0.493 e. The van der Waals surface area contributed by atoms with Gasteiger partial charge in [0.05, 0.1) is 37.5 Å². The van der Waals surface area contributed by atoms with Crippen molar-refractivity contribution in [3.05, 3.63) is 58.5 Å². The Morgan fingerprint density at radius 2 is 1.50 bits per heavy atom. The van der Waals surface area contributed by atoms with Crippen molar-refractivity contribution < 1.29 is 32.2 Å². The molecule has 0 unspecified atom stereocenters. The van der Waals surface area contributed by atoms with Crippen LogP contribution in [0.1, 0.15) is 20.8 Å². The van der Waals surface area contributed by atoms with E-state index in [0.29, 0.717) is 27.7 Å². The number of hydrogen-bond donors (Lipinski definition) is 1. The lowest BCUT2D eigenvalue weighted by Gasteiger charge is -2.13. The molecular formula is C21H18F3NO4S. The minimum absolute atomic E-state index is 0.230. The Morgan fingerprint density at radius 3 is 1.97 bits per heavy atom. The molecule has 0 spiro atoms. The molecule has 5 nitrogen and oxygen atoms in total. The van der Waals surface area contributed by atoms with Gasteiger partial charge in [0.25, 0.3) is 0 Å². The molecule has 0 radical (unpaired) electrons. The van der Waals surface area contributed by atoms with Crippen molar-refractivity contribution in [1.29, 1.82) is 0 Å². The van der Waals surface area contributed by atoms with Gasteiger partial charge >= 0.3 is 6.18 Å². The number of thiophene rings is 1. The van der Waals surface area contributed by atoms with Crippen LogP contribution in [0.2, 0.25) is 0 Å². The third-order valence-electron chi connectivity index (χ3n) is 4.39. The van der Waals surface area contributed by atoms with Gasteiger partial charge < -0.3 is 19.9 Å². The number of alkyl halides is 3. The number of ketones is 1. The zero-order valence-electron chi connectivity index (χ0n) is 16.3. The monoisotopic (exact) mass is 437 g/mol. The number of nitrogen functional groups attached to an aromatic ring is 1. The number of anilines is 1. The molecule has 3 rings (SSSR count). The van der Waals surface area contributed by atoms with E-state index in [9.17, 15) is 18.0 Å². The number of benzene rings is 2. The van der Waals surface area contributed by atoms with E-state index in [2.05, 4.69) is 0 Å². The van der Waals surface area contributed by atoms with Gasteiger partial charge in [-0.05, 0) is 35.9 Å². The lowest BCUT2D eigenvalue weighted by atomic mass is 10.1. The molecule has 30 heavy (non-hydrogen) atoms. The first-order valence-electron chi connectivity index (χ1n) is 8.61. The van der Waals surface area contributed by atoms with Crippen molar-refractivity contribution in [1.82, 2.24) is 0 Å². The van der Waals surface area contributed by atoms with Crippen molar-refractivity contribution in [2.75, 3.05) is 27.1 Å². The van der Waals surface area contributed by atoms with Crippen molar-refractivity contribution in [3.8, 4) is 27.7 Å². The Morgan fingerprint density at radius 1 is 0.933 bits per heavy atom. The number of carbonyl (C=O) groups excluding carboxylic acids is 1. The Bertz CT molecular complexity index is 1050. The number of carbonyl (C=O) groups is 1. The van der Waals surface area contributed by atoms with E-state index >= 15 is 0 Å². The Balaban J connectivity index is 1.98. The fourth-order valence-electron chi connectivity index (χ4n) is 2.89. The maximum absolute atomic E-state index is 13.1. The van der Waals surface area contributed by atoms with Crippen molar-refractivity contribution >= 4 is 22.8 Å². The highest BCUT2D eigenvalue weighted by Gasteiger charge is 2.30. The molecule has 0 saturated heterocycles. The third-order valence-corrected chi connectivity index (χ3v) is 5.59. The fourth-order valence-corrected chi connectivity index (χ4v) is 3.94. The molecule has 0 aliphatic heterocycles. The SMILES string of the molecule is COc1cc(C(=O)c2sc(-c3ccc(C(F)(F)F)cc3)cc2N)cc(OC)c1OC. The maximum Gasteiger partial charge on any atom is 0.416 e. The average Bonchev–Trinajstić information content (AvgIpc) is 3.13. The van der Waals surface area contributed by atoms with Crippen LogP contribution in [0.25, 0.3) is 10.4 Å². The van der Waals surface area contributed by atoms with Crippen LogP contribution in [0.5, 0.6) is 17.2 Å². The second-order valence-electron chi connectivity index (χ2n) is 6.21. The Labute approximate surface area is 174 Å². The van der Waals surface area contributed by atoms with Crippen molar-refractivity contribution in [2.45, 2.75) is 6.18 Å². The van der Waals surface area contributed by atoms with Crippen molar-refractivity contribution in [2.24, 2.45) is 0 Å². The van der Waals surface area contributed by atoms with Gasteiger partial charge in [0.1, 0.15) is 0 Å². The molecule has 1 heterocycles. The summed E-state index contributed by atoms with van der Waals surface area (Å²) >= 11 is 1.10. The smallest absolute Gasteiger partial charge is 0.416 e. The summed E-state index contributed by atoms with van der Waals surface area (Å²) in [6.07, 6.45) is -4.42. The molecule has 0 bridgehead atoms. The van der Waals surface area contributed by atoms with Crippen LogP contribution in [0.3, 0.4) is 0 Å². The first kappa shape index (κ1) is 21.5. The van der Waals surface area contributed by atoms with Gasteiger partial charge in [0.2, 0.25) is 11.5 Å². The predicted molar refractivity (Wildman–Crippen MR) is 109 cm³/mol.